The molecule has 0 aliphatic heterocycles. The van der Waals surface area contributed by atoms with E-state index < -0.39 is 6.04 Å². The fraction of sp³-hybridized carbons (Fsp3) is 0.706. The maximum absolute atomic E-state index is 11.8. The number of rotatable bonds is 7. The van der Waals surface area contributed by atoms with Gasteiger partial charge in [0.15, 0.2) is 0 Å². The molecule has 2 unspecified atom stereocenters. The highest BCUT2D eigenvalue weighted by molar-refractivity contribution is 6.29. The predicted molar refractivity (Wildman–Crippen MR) is 95.7 cm³/mol. The molecule has 0 bridgehead atoms. The van der Waals surface area contributed by atoms with Gasteiger partial charge in [0.05, 0.1) is 12.1 Å². The lowest BCUT2D eigenvalue weighted by Gasteiger charge is -2.25. The second kappa shape index (κ2) is 12.7. The van der Waals surface area contributed by atoms with Crippen molar-refractivity contribution in [2.45, 2.75) is 66.5 Å². The first-order valence-electron chi connectivity index (χ1n) is 7.74. The molecular formula is C17H33ClN2O2. The maximum atomic E-state index is 11.8. The molecule has 3 N–H and O–H groups in total. The Balaban J connectivity index is 0. The number of amides is 1. The van der Waals surface area contributed by atoms with Gasteiger partial charge in [-0.25, -0.2) is 0 Å². The number of nitrogens with two attached hydrogens (primary N) is 1. The molecular weight excluding hydrogens is 300 g/mol. The highest BCUT2D eigenvalue weighted by Crippen LogP contribution is 2.17. The van der Waals surface area contributed by atoms with Crippen molar-refractivity contribution in [3.63, 3.8) is 0 Å². The van der Waals surface area contributed by atoms with Crippen LogP contribution in [0.25, 0.3) is 0 Å². The molecule has 0 aromatic carbocycles. The third-order valence-corrected chi connectivity index (χ3v) is 3.11. The first-order valence-corrected chi connectivity index (χ1v) is 8.12. The van der Waals surface area contributed by atoms with Crippen LogP contribution in [0.4, 0.5) is 0 Å². The fourth-order valence-corrected chi connectivity index (χ4v) is 1.52. The van der Waals surface area contributed by atoms with Crippen molar-refractivity contribution in [1.29, 1.82) is 0 Å². The van der Waals surface area contributed by atoms with Gasteiger partial charge in [-0.15, -0.1) is 0 Å². The molecule has 0 saturated carbocycles. The quantitative estimate of drug-likeness (QED) is 0.741. The summed E-state index contributed by atoms with van der Waals surface area (Å²) >= 11 is 5.78. The van der Waals surface area contributed by atoms with E-state index >= 15 is 0 Å². The summed E-state index contributed by atoms with van der Waals surface area (Å²) in [5.41, 5.74) is 5.60. The van der Waals surface area contributed by atoms with E-state index in [1.807, 2.05) is 53.7 Å². The van der Waals surface area contributed by atoms with E-state index in [0.29, 0.717) is 6.42 Å². The zero-order chi connectivity index (χ0) is 17.8. The van der Waals surface area contributed by atoms with Crippen molar-refractivity contribution in [1.82, 2.24) is 5.32 Å². The molecule has 0 radical (unpaired) electrons. The predicted octanol–water partition coefficient (Wildman–Crippen LogP) is 3.95. The van der Waals surface area contributed by atoms with Crippen LogP contribution < -0.4 is 11.1 Å². The van der Waals surface area contributed by atoms with Gasteiger partial charge in [0.2, 0.25) is 5.91 Å². The summed E-state index contributed by atoms with van der Waals surface area (Å²) in [7, 11) is 1.66. The molecule has 0 spiro atoms. The van der Waals surface area contributed by atoms with Crippen LogP contribution in [0, 0.1) is 5.41 Å². The molecule has 1 amide bonds. The van der Waals surface area contributed by atoms with E-state index in [-0.39, 0.29) is 17.4 Å². The molecule has 0 saturated heterocycles. The molecule has 4 nitrogen and oxygen atoms in total. The van der Waals surface area contributed by atoms with E-state index in [4.69, 9.17) is 22.1 Å². The molecule has 22 heavy (non-hydrogen) atoms. The number of carbonyl (C=O) groups excluding carboxylic acids is 1. The van der Waals surface area contributed by atoms with Crippen LogP contribution in [-0.4, -0.2) is 25.2 Å². The molecule has 0 aromatic rings. The normalized spacial score (nSPS) is 15.0. The van der Waals surface area contributed by atoms with Crippen molar-refractivity contribution >= 4 is 17.5 Å². The van der Waals surface area contributed by atoms with Gasteiger partial charge in [0, 0.05) is 12.1 Å². The highest BCUT2D eigenvalue weighted by atomic mass is 35.5. The minimum absolute atomic E-state index is 0.0492. The Morgan fingerprint density at radius 1 is 1.32 bits per heavy atom. The van der Waals surface area contributed by atoms with E-state index in [9.17, 15) is 4.79 Å². The minimum atomic E-state index is -0.535. The Morgan fingerprint density at radius 2 is 1.86 bits per heavy atom. The van der Waals surface area contributed by atoms with Crippen molar-refractivity contribution in [2.24, 2.45) is 11.1 Å². The van der Waals surface area contributed by atoms with Crippen LogP contribution in [0.5, 0.6) is 0 Å². The molecule has 2 atom stereocenters. The van der Waals surface area contributed by atoms with Gasteiger partial charge in [-0.1, -0.05) is 58.4 Å². The van der Waals surface area contributed by atoms with E-state index in [1.54, 1.807) is 13.3 Å². The SMILES string of the molecule is CC.COC(C/C=C\NC(=O)C(N)C(C)(C)C)C/C=C(\C)Cl. The minimum Gasteiger partial charge on any atom is -0.381 e. The van der Waals surface area contributed by atoms with Crippen LogP contribution >= 0.6 is 11.6 Å². The van der Waals surface area contributed by atoms with Crippen molar-refractivity contribution < 1.29 is 9.53 Å². The number of methoxy groups -OCH3 is 1. The van der Waals surface area contributed by atoms with Gasteiger partial charge < -0.3 is 15.8 Å². The number of hydrogen-bond donors (Lipinski definition) is 2. The summed E-state index contributed by atoms with van der Waals surface area (Å²) in [6.45, 7) is 11.6. The average molecular weight is 333 g/mol. The van der Waals surface area contributed by atoms with Crippen molar-refractivity contribution in [3.8, 4) is 0 Å². The Hall–Kier alpha value is -0.840. The number of hydrogen-bond acceptors (Lipinski definition) is 3. The zero-order valence-electron chi connectivity index (χ0n) is 15.1. The van der Waals surface area contributed by atoms with Gasteiger partial charge in [0.25, 0.3) is 0 Å². The van der Waals surface area contributed by atoms with Gasteiger partial charge in [-0.3, -0.25) is 4.79 Å². The lowest BCUT2D eigenvalue weighted by atomic mass is 9.87. The molecule has 0 aliphatic carbocycles. The van der Waals surface area contributed by atoms with Crippen molar-refractivity contribution in [2.75, 3.05) is 7.11 Å². The number of allylic oxidation sites excluding steroid dienone is 1. The summed E-state index contributed by atoms with van der Waals surface area (Å²) in [5, 5.41) is 3.44. The smallest absolute Gasteiger partial charge is 0.241 e. The van der Waals surface area contributed by atoms with Crippen LogP contribution in [0.2, 0.25) is 0 Å². The summed E-state index contributed by atoms with van der Waals surface area (Å²) in [6.07, 6.45) is 6.88. The van der Waals surface area contributed by atoms with Crippen molar-refractivity contribution in [3.05, 3.63) is 23.4 Å². The molecule has 0 heterocycles. The van der Waals surface area contributed by atoms with Gasteiger partial charge in [0.1, 0.15) is 0 Å². The molecule has 0 aliphatic rings. The second-order valence-corrected chi connectivity index (χ2v) is 6.47. The number of halogens is 1. The van der Waals surface area contributed by atoms with Crippen LogP contribution in [0.15, 0.2) is 23.4 Å². The van der Waals surface area contributed by atoms with Crippen LogP contribution in [0.1, 0.15) is 54.4 Å². The summed E-state index contributed by atoms with van der Waals surface area (Å²) < 4.78 is 5.32. The summed E-state index contributed by atoms with van der Waals surface area (Å²) in [6, 6.07) is -0.535. The Bertz CT molecular complexity index is 356. The molecule has 0 rings (SSSR count). The number of ether oxygens (including phenoxy) is 1. The Kier molecular flexibility index (Phi) is 13.5. The van der Waals surface area contributed by atoms with Gasteiger partial charge >= 0.3 is 0 Å². The average Bonchev–Trinajstić information content (AvgIpc) is 2.46. The molecule has 130 valence electrons. The first kappa shape index (κ1) is 23.4. The van der Waals surface area contributed by atoms with E-state index in [0.717, 1.165) is 11.5 Å². The van der Waals surface area contributed by atoms with Gasteiger partial charge in [-0.05, 0) is 31.4 Å². The Morgan fingerprint density at radius 3 is 2.27 bits per heavy atom. The fourth-order valence-electron chi connectivity index (χ4n) is 1.43. The standard InChI is InChI=1S/C15H27ClN2O2.C2H6/c1-11(16)8-9-12(20-5)7-6-10-18-14(19)13(17)15(2,3)4;1-2/h6,8,10,12-13H,7,9,17H2,1-5H3,(H,18,19);1-2H3/b10-6-,11-8+;. The van der Waals surface area contributed by atoms with Crippen LogP contribution in [-0.2, 0) is 9.53 Å². The van der Waals surface area contributed by atoms with Gasteiger partial charge in [-0.2, -0.15) is 0 Å². The maximum Gasteiger partial charge on any atom is 0.241 e. The third-order valence-electron chi connectivity index (χ3n) is 2.95. The second-order valence-electron chi connectivity index (χ2n) is 5.87. The summed E-state index contributed by atoms with van der Waals surface area (Å²) in [5.74, 6) is -0.181. The lowest BCUT2D eigenvalue weighted by molar-refractivity contribution is -0.123. The number of carbonyl (C=O) groups is 1. The molecule has 0 fully saturated rings. The number of nitrogens with one attached hydrogen (secondary N) is 1. The zero-order valence-corrected chi connectivity index (χ0v) is 15.8. The lowest BCUT2D eigenvalue weighted by Crippen LogP contribution is -2.47. The largest absolute Gasteiger partial charge is 0.381 e. The van der Waals surface area contributed by atoms with Crippen LogP contribution in [0.3, 0.4) is 0 Å². The molecule has 5 heteroatoms. The third kappa shape index (κ3) is 11.8. The molecule has 0 aromatic heterocycles. The topological polar surface area (TPSA) is 64.3 Å². The Labute approximate surface area is 141 Å². The van der Waals surface area contributed by atoms with E-state index in [1.165, 1.54) is 0 Å². The highest BCUT2D eigenvalue weighted by Gasteiger charge is 2.26. The first-order chi connectivity index (χ1) is 10.2. The monoisotopic (exact) mass is 332 g/mol. The summed E-state index contributed by atoms with van der Waals surface area (Å²) in [4.78, 5) is 11.8. The van der Waals surface area contributed by atoms with E-state index in [2.05, 4.69) is 5.32 Å².